The number of nitrogens with one attached hydrogen (secondary N) is 3. The molecule has 0 bridgehead atoms. The number of carbonyl (C=O) groups is 3. The molecule has 2 aromatic carbocycles. The number of nitrogens with zero attached hydrogens (tertiary/aromatic N) is 1. The Balaban J connectivity index is 0.000000648. The molecule has 4 aromatic rings. The third kappa shape index (κ3) is 7.20. The van der Waals surface area contributed by atoms with Crippen molar-refractivity contribution in [2.75, 3.05) is 17.2 Å². The van der Waals surface area contributed by atoms with Crippen LogP contribution < -0.4 is 16.0 Å². The van der Waals surface area contributed by atoms with Gasteiger partial charge in [-0.1, -0.05) is 49.2 Å². The molecule has 2 aromatic heterocycles. The van der Waals surface area contributed by atoms with E-state index in [4.69, 9.17) is 0 Å². The minimum atomic E-state index is -0.236. The van der Waals surface area contributed by atoms with E-state index >= 15 is 0 Å². The number of pyridine rings is 1. The maximum Gasteiger partial charge on any atom is 0.293 e. The van der Waals surface area contributed by atoms with Crippen LogP contribution in [-0.4, -0.2) is 35.9 Å². The molecule has 2 heterocycles. The van der Waals surface area contributed by atoms with Crippen molar-refractivity contribution in [3.63, 3.8) is 0 Å². The number of ether oxygens (including phenoxy) is 1. The van der Waals surface area contributed by atoms with Gasteiger partial charge in [0.2, 0.25) is 0 Å². The van der Waals surface area contributed by atoms with E-state index in [-0.39, 0.29) is 17.9 Å². The van der Waals surface area contributed by atoms with Gasteiger partial charge in [0.25, 0.3) is 18.3 Å². The summed E-state index contributed by atoms with van der Waals surface area (Å²) in [5.74, 6) is 0.0818. The van der Waals surface area contributed by atoms with E-state index in [0.717, 1.165) is 47.0 Å². The third-order valence-electron chi connectivity index (χ3n) is 6.45. The van der Waals surface area contributed by atoms with Gasteiger partial charge in [-0.05, 0) is 50.5 Å². The fraction of sp³-hybridized carbons (Fsp3) is 0.267. The highest BCUT2D eigenvalue weighted by Crippen LogP contribution is 2.30. The van der Waals surface area contributed by atoms with Gasteiger partial charge < -0.3 is 20.7 Å². The average molecular weight is 545 g/mol. The molecule has 5 rings (SSSR count). The monoisotopic (exact) mass is 544 g/mol. The molecule has 1 fully saturated rings. The molecule has 39 heavy (non-hydrogen) atoms. The normalized spacial score (nSPS) is 12.8. The average Bonchev–Trinajstić information content (AvgIpc) is 3.62. The second kappa shape index (κ2) is 13.5. The molecule has 1 aliphatic carbocycles. The van der Waals surface area contributed by atoms with Gasteiger partial charge in [-0.3, -0.25) is 14.4 Å². The number of aromatic nitrogens is 1. The molecule has 0 aliphatic heterocycles. The Morgan fingerprint density at radius 3 is 2.51 bits per heavy atom. The number of rotatable bonds is 8. The standard InChI is InChI=1S/C27H26N4O2S.C3H6O2/c1-17-8-2-6-12-22(17)30-25-23(14-18(15-28-25)26(32)29-19-9-3-4-10-19)31-27(33)21-16-34-24-13-7-5-11-20(21)24;1-2-5-3-4/h2,5-8,11-16,19H,3-4,9-10H2,1H3,(H,28,30)(H,29,32)(H,31,33);3H,2H2,1H3. The highest BCUT2D eigenvalue weighted by atomic mass is 32.1. The summed E-state index contributed by atoms with van der Waals surface area (Å²) in [4.78, 5) is 39.8. The molecule has 0 unspecified atom stereocenters. The Labute approximate surface area is 231 Å². The van der Waals surface area contributed by atoms with Crippen LogP contribution in [0.2, 0.25) is 0 Å². The summed E-state index contributed by atoms with van der Waals surface area (Å²) in [6, 6.07) is 17.6. The lowest BCUT2D eigenvalue weighted by Gasteiger charge is -2.16. The minimum absolute atomic E-state index is 0.168. The van der Waals surface area contributed by atoms with Crippen molar-refractivity contribution in [2.24, 2.45) is 0 Å². The largest absolute Gasteiger partial charge is 0.468 e. The molecule has 3 N–H and O–H groups in total. The van der Waals surface area contributed by atoms with Gasteiger partial charge in [-0.25, -0.2) is 4.98 Å². The summed E-state index contributed by atoms with van der Waals surface area (Å²) in [6.45, 7) is 4.67. The van der Waals surface area contributed by atoms with Gasteiger partial charge in [0.15, 0.2) is 5.82 Å². The van der Waals surface area contributed by atoms with E-state index in [2.05, 4.69) is 25.7 Å². The lowest BCUT2D eigenvalue weighted by atomic mass is 10.1. The second-order valence-corrected chi connectivity index (χ2v) is 10.1. The molecule has 0 atom stereocenters. The molecule has 9 heteroatoms. The van der Waals surface area contributed by atoms with Crippen molar-refractivity contribution in [3.05, 3.63) is 82.9 Å². The molecule has 202 valence electrons. The van der Waals surface area contributed by atoms with E-state index in [9.17, 15) is 14.4 Å². The molecule has 1 aliphatic rings. The molecule has 0 spiro atoms. The first kappa shape index (κ1) is 27.8. The number of hydrogen-bond acceptors (Lipinski definition) is 7. The highest BCUT2D eigenvalue weighted by Gasteiger charge is 2.21. The number of para-hydroxylation sites is 1. The molecule has 0 saturated heterocycles. The summed E-state index contributed by atoms with van der Waals surface area (Å²) in [5, 5.41) is 12.2. The van der Waals surface area contributed by atoms with Gasteiger partial charge >= 0.3 is 0 Å². The molecule has 2 amide bonds. The Bertz CT molecular complexity index is 1450. The van der Waals surface area contributed by atoms with E-state index in [0.29, 0.717) is 35.7 Å². The van der Waals surface area contributed by atoms with Crippen LogP contribution in [0, 0.1) is 6.92 Å². The summed E-state index contributed by atoms with van der Waals surface area (Å²) in [7, 11) is 0. The Hall–Kier alpha value is -4.24. The Morgan fingerprint density at radius 2 is 1.79 bits per heavy atom. The SMILES string of the molecule is CCOC=O.Cc1ccccc1Nc1ncc(C(=O)NC2CCCC2)cc1NC(=O)c1csc2ccccc12. The topological polar surface area (TPSA) is 109 Å². The number of fused-ring (bicyclic) bond motifs is 1. The lowest BCUT2D eigenvalue weighted by Crippen LogP contribution is -2.32. The van der Waals surface area contributed by atoms with E-state index in [1.165, 1.54) is 11.3 Å². The van der Waals surface area contributed by atoms with E-state index in [1.807, 2.05) is 60.8 Å². The van der Waals surface area contributed by atoms with Crippen LogP contribution in [0.25, 0.3) is 10.1 Å². The summed E-state index contributed by atoms with van der Waals surface area (Å²) in [6.07, 6.45) is 5.83. The van der Waals surface area contributed by atoms with Crippen LogP contribution in [0.4, 0.5) is 17.2 Å². The number of hydrogen-bond donors (Lipinski definition) is 3. The van der Waals surface area contributed by atoms with Gasteiger partial charge in [-0.2, -0.15) is 0 Å². The van der Waals surface area contributed by atoms with Crippen LogP contribution >= 0.6 is 11.3 Å². The maximum atomic E-state index is 13.3. The quantitative estimate of drug-likeness (QED) is 0.220. The molecule has 0 radical (unpaired) electrons. The number of aryl methyl sites for hydroxylation is 1. The fourth-order valence-corrected chi connectivity index (χ4v) is 5.32. The lowest BCUT2D eigenvalue weighted by molar-refractivity contribution is -0.128. The summed E-state index contributed by atoms with van der Waals surface area (Å²) < 4.78 is 5.20. The maximum absolute atomic E-state index is 13.3. The zero-order chi connectivity index (χ0) is 27.6. The number of benzene rings is 2. The van der Waals surface area contributed by atoms with Crippen molar-refractivity contribution >= 4 is 56.9 Å². The summed E-state index contributed by atoms with van der Waals surface area (Å²) in [5.41, 5.74) is 3.42. The van der Waals surface area contributed by atoms with Gasteiger partial charge in [0.1, 0.15) is 0 Å². The molecule has 1 saturated carbocycles. The number of carbonyl (C=O) groups excluding carboxylic acids is 3. The third-order valence-corrected chi connectivity index (χ3v) is 7.41. The zero-order valence-corrected chi connectivity index (χ0v) is 22.8. The van der Waals surface area contributed by atoms with Crippen molar-refractivity contribution in [2.45, 2.75) is 45.6 Å². The van der Waals surface area contributed by atoms with Crippen molar-refractivity contribution in [1.29, 1.82) is 0 Å². The predicted octanol–water partition coefficient (Wildman–Crippen LogP) is 6.45. The fourth-order valence-electron chi connectivity index (χ4n) is 4.37. The van der Waals surface area contributed by atoms with E-state index in [1.54, 1.807) is 19.2 Å². The first-order valence-electron chi connectivity index (χ1n) is 13.0. The van der Waals surface area contributed by atoms with Crippen LogP contribution in [0.5, 0.6) is 0 Å². The smallest absolute Gasteiger partial charge is 0.293 e. The molecular formula is C30H32N4O4S. The van der Waals surface area contributed by atoms with Crippen molar-refractivity contribution < 1.29 is 19.1 Å². The summed E-state index contributed by atoms with van der Waals surface area (Å²) >= 11 is 1.53. The van der Waals surface area contributed by atoms with Crippen LogP contribution in [-0.2, 0) is 9.53 Å². The Morgan fingerprint density at radius 1 is 1.05 bits per heavy atom. The van der Waals surface area contributed by atoms with Gasteiger partial charge in [-0.15, -0.1) is 11.3 Å². The first-order chi connectivity index (χ1) is 19.0. The predicted molar refractivity (Wildman–Crippen MR) is 156 cm³/mol. The molecular weight excluding hydrogens is 512 g/mol. The van der Waals surface area contributed by atoms with Crippen molar-refractivity contribution in [1.82, 2.24) is 10.3 Å². The minimum Gasteiger partial charge on any atom is -0.468 e. The highest BCUT2D eigenvalue weighted by molar-refractivity contribution is 7.17. The van der Waals surface area contributed by atoms with Gasteiger partial charge in [0.05, 0.1) is 23.4 Å². The van der Waals surface area contributed by atoms with Crippen LogP contribution in [0.3, 0.4) is 0 Å². The van der Waals surface area contributed by atoms with Crippen LogP contribution in [0.15, 0.2) is 66.2 Å². The zero-order valence-electron chi connectivity index (χ0n) is 22.0. The first-order valence-corrected chi connectivity index (χ1v) is 13.8. The second-order valence-electron chi connectivity index (χ2n) is 9.17. The number of anilines is 3. The number of thiophene rings is 1. The molecule has 8 nitrogen and oxygen atoms in total. The van der Waals surface area contributed by atoms with Crippen molar-refractivity contribution in [3.8, 4) is 0 Å². The Kier molecular flexibility index (Phi) is 9.64. The van der Waals surface area contributed by atoms with Gasteiger partial charge in [0, 0.05) is 33.4 Å². The van der Waals surface area contributed by atoms with Crippen LogP contribution in [0.1, 0.15) is 58.9 Å². The number of amides is 2. The van der Waals surface area contributed by atoms with E-state index < -0.39 is 0 Å².